The maximum atomic E-state index is 12.7. The molecular formula is C23H30N4O5. The van der Waals surface area contributed by atoms with Crippen LogP contribution in [0.2, 0.25) is 0 Å². The van der Waals surface area contributed by atoms with Crippen LogP contribution < -0.4 is 20.3 Å². The van der Waals surface area contributed by atoms with Crippen LogP contribution in [0.15, 0.2) is 28.8 Å². The fourth-order valence-electron chi connectivity index (χ4n) is 5.12. The number of hydrogen-bond acceptors (Lipinski definition) is 6. The smallest absolute Gasteiger partial charge is 0.449 e. The zero-order valence-corrected chi connectivity index (χ0v) is 18.6. The molecule has 32 heavy (non-hydrogen) atoms. The Hall–Kier alpha value is -3.23. The number of carboxylic acid groups (broad SMARTS) is 1. The Labute approximate surface area is 187 Å². The van der Waals surface area contributed by atoms with Crippen LogP contribution in [0, 0.1) is 24.7 Å². The van der Waals surface area contributed by atoms with Crippen LogP contribution in [0.1, 0.15) is 45.3 Å². The van der Waals surface area contributed by atoms with Gasteiger partial charge in [0, 0.05) is 24.7 Å². The fraction of sp³-hybridized carbons (Fsp3) is 0.522. The van der Waals surface area contributed by atoms with Gasteiger partial charge in [-0.3, -0.25) is 5.32 Å². The molecule has 2 aromatic rings. The molecule has 1 heterocycles. The van der Waals surface area contributed by atoms with Gasteiger partial charge in [0.1, 0.15) is 11.5 Å². The second-order valence-electron chi connectivity index (χ2n) is 9.24. The lowest BCUT2D eigenvalue weighted by molar-refractivity contribution is 0.144. The normalized spacial score (nSPS) is 21.6. The van der Waals surface area contributed by atoms with E-state index in [2.05, 4.69) is 34.5 Å². The van der Waals surface area contributed by atoms with Gasteiger partial charge in [0.05, 0.1) is 11.4 Å². The van der Waals surface area contributed by atoms with Gasteiger partial charge in [0.2, 0.25) is 0 Å². The number of carbonyl (C=O) groups is 2. The van der Waals surface area contributed by atoms with Crippen molar-refractivity contribution in [2.24, 2.45) is 17.8 Å². The predicted molar refractivity (Wildman–Crippen MR) is 120 cm³/mol. The highest BCUT2D eigenvalue weighted by molar-refractivity contribution is 6.01. The van der Waals surface area contributed by atoms with Crippen molar-refractivity contribution in [2.75, 3.05) is 22.1 Å². The first-order chi connectivity index (χ1) is 15.3. The standard InChI is InChI=1S/C23H30N4O5/c1-13(2)12-27(20-10-15-4-5-16(20)9-15)19-7-6-17(31-23(29)30)11-18(19)24-22(28)25-21-8-14(3)32-26-21/h6-8,11,13,15-16,20H,4-5,9-10,12H2,1-3H3,(H,29,30)(H2,24,25,26,28)/t15-,16+,20+/m0/s1. The number of aromatic nitrogens is 1. The highest BCUT2D eigenvalue weighted by Gasteiger charge is 2.43. The summed E-state index contributed by atoms with van der Waals surface area (Å²) in [7, 11) is 0. The lowest BCUT2D eigenvalue weighted by Gasteiger charge is -2.38. The van der Waals surface area contributed by atoms with E-state index in [1.165, 1.54) is 19.3 Å². The van der Waals surface area contributed by atoms with Crippen LogP contribution in [0.5, 0.6) is 5.75 Å². The highest BCUT2D eigenvalue weighted by atomic mass is 16.7. The molecule has 4 rings (SSSR count). The molecule has 1 aromatic carbocycles. The number of nitrogens with zero attached hydrogens (tertiary/aromatic N) is 2. The first kappa shape index (κ1) is 22.0. The molecule has 0 unspecified atom stereocenters. The highest BCUT2D eigenvalue weighted by Crippen LogP contribution is 2.48. The van der Waals surface area contributed by atoms with Gasteiger partial charge in [-0.1, -0.05) is 25.4 Å². The minimum Gasteiger partial charge on any atom is -0.449 e. The maximum absolute atomic E-state index is 12.7. The van der Waals surface area contributed by atoms with E-state index >= 15 is 0 Å². The topological polar surface area (TPSA) is 117 Å². The Morgan fingerprint density at radius 2 is 2.06 bits per heavy atom. The van der Waals surface area contributed by atoms with Crippen molar-refractivity contribution in [1.29, 1.82) is 0 Å². The summed E-state index contributed by atoms with van der Waals surface area (Å²) in [4.78, 5) is 26.1. The van der Waals surface area contributed by atoms with Gasteiger partial charge >= 0.3 is 12.2 Å². The summed E-state index contributed by atoms with van der Waals surface area (Å²) in [6, 6.07) is 6.55. The van der Waals surface area contributed by atoms with E-state index in [-0.39, 0.29) is 5.75 Å². The zero-order valence-electron chi connectivity index (χ0n) is 18.6. The number of hydrogen-bond donors (Lipinski definition) is 3. The second kappa shape index (κ2) is 9.10. The number of carbonyl (C=O) groups excluding carboxylic acids is 1. The number of benzene rings is 1. The van der Waals surface area contributed by atoms with Crippen LogP contribution in [0.4, 0.5) is 26.8 Å². The number of rotatable bonds is 7. The third-order valence-corrected chi connectivity index (χ3v) is 6.26. The third-order valence-electron chi connectivity index (χ3n) is 6.26. The van der Waals surface area contributed by atoms with Crippen molar-refractivity contribution in [1.82, 2.24) is 5.16 Å². The minimum absolute atomic E-state index is 0.145. The maximum Gasteiger partial charge on any atom is 0.511 e. The molecule has 0 radical (unpaired) electrons. The largest absolute Gasteiger partial charge is 0.511 e. The van der Waals surface area contributed by atoms with Crippen LogP contribution in [0.3, 0.4) is 0 Å². The second-order valence-corrected chi connectivity index (χ2v) is 9.24. The lowest BCUT2D eigenvalue weighted by Crippen LogP contribution is -2.42. The number of ether oxygens (including phenoxy) is 1. The van der Waals surface area contributed by atoms with E-state index in [0.29, 0.717) is 35.1 Å². The Kier molecular flexibility index (Phi) is 6.25. The minimum atomic E-state index is -1.40. The molecule has 3 atom stereocenters. The molecule has 9 heteroatoms. The van der Waals surface area contributed by atoms with Gasteiger partial charge in [-0.05, 0) is 56.1 Å². The van der Waals surface area contributed by atoms with Crippen molar-refractivity contribution in [3.8, 4) is 5.75 Å². The molecule has 2 fully saturated rings. The summed E-state index contributed by atoms with van der Waals surface area (Å²) in [5, 5.41) is 18.3. The molecule has 2 aliphatic carbocycles. The summed E-state index contributed by atoms with van der Waals surface area (Å²) in [5.41, 5.74) is 1.35. The van der Waals surface area contributed by atoms with Crippen LogP contribution in [-0.2, 0) is 0 Å². The molecule has 172 valence electrons. The molecular weight excluding hydrogens is 412 g/mol. The summed E-state index contributed by atoms with van der Waals surface area (Å²) in [6.45, 7) is 6.93. The van der Waals surface area contributed by atoms with Gasteiger partial charge in [0.25, 0.3) is 0 Å². The van der Waals surface area contributed by atoms with E-state index in [0.717, 1.165) is 24.6 Å². The Balaban J connectivity index is 1.63. The number of aryl methyl sites for hydroxylation is 1. The van der Waals surface area contributed by atoms with Crippen molar-refractivity contribution in [3.05, 3.63) is 30.0 Å². The molecule has 0 aliphatic heterocycles. The first-order valence-electron chi connectivity index (χ1n) is 11.1. The molecule has 2 aliphatic rings. The SMILES string of the molecule is Cc1cc(NC(=O)Nc2cc(OC(=O)O)ccc2N(CC(C)C)[C@@H]2C[C@H]3CC[C@@H]2C3)no1. The number of fused-ring (bicyclic) bond motifs is 2. The summed E-state index contributed by atoms with van der Waals surface area (Å²) in [6.07, 6.45) is 3.53. The van der Waals surface area contributed by atoms with Gasteiger partial charge in [-0.2, -0.15) is 0 Å². The molecule has 2 saturated carbocycles. The molecule has 3 N–H and O–H groups in total. The van der Waals surface area contributed by atoms with Crippen LogP contribution in [0.25, 0.3) is 0 Å². The predicted octanol–water partition coefficient (Wildman–Crippen LogP) is 5.33. The number of amides is 2. The molecule has 0 saturated heterocycles. The summed E-state index contributed by atoms with van der Waals surface area (Å²) < 4.78 is 9.84. The lowest BCUT2D eigenvalue weighted by atomic mass is 9.92. The van der Waals surface area contributed by atoms with Gasteiger partial charge < -0.3 is 24.6 Å². The number of anilines is 3. The quantitative estimate of drug-likeness (QED) is 0.392. The average molecular weight is 443 g/mol. The number of nitrogens with one attached hydrogen (secondary N) is 2. The van der Waals surface area contributed by atoms with Crippen molar-refractivity contribution in [3.63, 3.8) is 0 Å². The first-order valence-corrected chi connectivity index (χ1v) is 11.1. The Morgan fingerprint density at radius 1 is 1.25 bits per heavy atom. The number of urea groups is 1. The average Bonchev–Trinajstić information content (AvgIpc) is 3.43. The monoisotopic (exact) mass is 442 g/mol. The van der Waals surface area contributed by atoms with E-state index in [1.54, 1.807) is 25.1 Å². The van der Waals surface area contributed by atoms with Gasteiger partial charge in [-0.15, -0.1) is 0 Å². The van der Waals surface area contributed by atoms with Crippen molar-refractivity contribution in [2.45, 2.75) is 52.5 Å². The van der Waals surface area contributed by atoms with Gasteiger partial charge in [-0.25, -0.2) is 9.59 Å². The van der Waals surface area contributed by atoms with E-state index in [4.69, 9.17) is 14.4 Å². The third kappa shape index (κ3) is 4.98. The molecule has 2 bridgehead atoms. The zero-order chi connectivity index (χ0) is 22.8. The van der Waals surface area contributed by atoms with Crippen molar-refractivity contribution < 1.29 is 24.0 Å². The van der Waals surface area contributed by atoms with E-state index in [9.17, 15) is 9.59 Å². The molecule has 1 aromatic heterocycles. The van der Waals surface area contributed by atoms with E-state index in [1.807, 2.05) is 6.07 Å². The Bertz CT molecular complexity index is 989. The fourth-order valence-corrected chi connectivity index (χ4v) is 5.12. The molecule has 2 amide bonds. The van der Waals surface area contributed by atoms with Crippen LogP contribution >= 0.6 is 0 Å². The summed E-state index contributed by atoms with van der Waals surface area (Å²) >= 11 is 0. The van der Waals surface area contributed by atoms with Gasteiger partial charge in [0.15, 0.2) is 5.82 Å². The Morgan fingerprint density at radius 3 is 2.66 bits per heavy atom. The van der Waals surface area contributed by atoms with E-state index < -0.39 is 12.2 Å². The van der Waals surface area contributed by atoms with Crippen LogP contribution in [-0.4, -0.2) is 35.0 Å². The van der Waals surface area contributed by atoms with Crippen molar-refractivity contribution >= 4 is 29.4 Å². The summed E-state index contributed by atoms with van der Waals surface area (Å²) in [5.74, 6) is 2.86. The molecule has 0 spiro atoms. The molecule has 9 nitrogen and oxygen atoms in total.